The lowest BCUT2D eigenvalue weighted by Gasteiger charge is -2.00. The van der Waals surface area contributed by atoms with Crippen molar-refractivity contribution in [1.82, 2.24) is 9.97 Å². The minimum atomic E-state index is 0.303. The Kier molecular flexibility index (Phi) is 5.90. The second-order valence-electron chi connectivity index (χ2n) is 5.09. The molecule has 0 unspecified atom stereocenters. The zero-order valence-corrected chi connectivity index (χ0v) is 15.1. The number of aromatic nitrogens is 2. The van der Waals surface area contributed by atoms with E-state index in [0.717, 1.165) is 34.5 Å². The summed E-state index contributed by atoms with van der Waals surface area (Å²) in [6, 6.07) is 0. The molecule has 2 aromatic rings. The van der Waals surface area contributed by atoms with Crippen molar-refractivity contribution in [2.45, 2.75) is 39.5 Å². The molecule has 0 fully saturated rings. The van der Waals surface area contributed by atoms with Crippen LogP contribution in [0.3, 0.4) is 0 Å². The second-order valence-corrected chi connectivity index (χ2v) is 7.26. The molecule has 0 aromatic carbocycles. The third kappa shape index (κ3) is 4.27. The van der Waals surface area contributed by atoms with Gasteiger partial charge in [0.2, 0.25) is 0 Å². The lowest BCUT2D eigenvalue weighted by Crippen LogP contribution is -2.02. The van der Waals surface area contributed by atoms with E-state index in [-0.39, 0.29) is 0 Å². The lowest BCUT2D eigenvalue weighted by atomic mass is 10.1. The topological polar surface area (TPSA) is 66.9 Å². The SMILES string of the molecule is CNc1nc(C)c(CCC(=O)CCc2sc(NC)nc2C)s1. The Morgan fingerprint density at radius 2 is 1.32 bits per heavy atom. The first-order valence-electron chi connectivity index (χ1n) is 7.33. The van der Waals surface area contributed by atoms with Gasteiger partial charge in [-0.25, -0.2) is 9.97 Å². The first-order valence-corrected chi connectivity index (χ1v) is 8.96. The molecule has 0 saturated heterocycles. The highest BCUT2D eigenvalue weighted by atomic mass is 32.1. The van der Waals surface area contributed by atoms with Crippen LogP contribution in [-0.4, -0.2) is 29.8 Å². The summed E-state index contributed by atoms with van der Waals surface area (Å²) in [7, 11) is 3.73. The molecule has 2 N–H and O–H groups in total. The Morgan fingerprint density at radius 1 is 0.909 bits per heavy atom. The Hall–Kier alpha value is -1.47. The van der Waals surface area contributed by atoms with Gasteiger partial charge in [-0.15, -0.1) is 22.7 Å². The number of aryl methyl sites for hydroxylation is 4. The predicted octanol–water partition coefficient (Wildman–Crippen LogP) is 3.43. The molecule has 0 radical (unpaired) electrons. The molecule has 0 aliphatic carbocycles. The Labute approximate surface area is 139 Å². The number of Topliss-reactive ketones (excluding diaryl/α,β-unsaturated/α-hetero) is 1. The first-order chi connectivity index (χ1) is 10.5. The Balaban J connectivity index is 1.82. The van der Waals surface area contributed by atoms with E-state index < -0.39 is 0 Å². The summed E-state index contributed by atoms with van der Waals surface area (Å²) in [4.78, 5) is 23.3. The zero-order valence-electron chi connectivity index (χ0n) is 13.4. The Bertz CT molecular complexity index is 594. The highest BCUT2D eigenvalue weighted by molar-refractivity contribution is 7.16. The molecular weight excluding hydrogens is 316 g/mol. The van der Waals surface area contributed by atoms with Crippen molar-refractivity contribution in [3.05, 3.63) is 21.1 Å². The maximum Gasteiger partial charge on any atom is 0.182 e. The smallest absolute Gasteiger partial charge is 0.182 e. The van der Waals surface area contributed by atoms with E-state index in [9.17, 15) is 4.79 Å². The molecule has 0 bridgehead atoms. The molecule has 2 rings (SSSR count). The summed E-state index contributed by atoms with van der Waals surface area (Å²) in [6.07, 6.45) is 2.74. The number of thiazole rings is 2. The van der Waals surface area contributed by atoms with Crippen LogP contribution in [0, 0.1) is 13.8 Å². The van der Waals surface area contributed by atoms with Crippen LogP contribution in [0.1, 0.15) is 34.0 Å². The van der Waals surface area contributed by atoms with Crippen LogP contribution in [0.15, 0.2) is 0 Å². The van der Waals surface area contributed by atoms with Gasteiger partial charge in [-0.1, -0.05) is 0 Å². The number of nitrogens with zero attached hydrogens (tertiary/aromatic N) is 2. The van der Waals surface area contributed by atoms with Crippen LogP contribution in [0.25, 0.3) is 0 Å². The molecule has 0 spiro atoms. The third-order valence-corrected chi connectivity index (χ3v) is 5.94. The van der Waals surface area contributed by atoms with Crippen molar-refractivity contribution in [1.29, 1.82) is 0 Å². The predicted molar refractivity (Wildman–Crippen MR) is 94.4 cm³/mol. The van der Waals surface area contributed by atoms with Gasteiger partial charge < -0.3 is 10.6 Å². The molecule has 0 amide bonds. The van der Waals surface area contributed by atoms with Crippen molar-refractivity contribution in [2.75, 3.05) is 24.7 Å². The molecule has 0 atom stereocenters. The maximum atomic E-state index is 12.1. The molecular formula is C15H22N4OS2. The minimum absolute atomic E-state index is 0.303. The first kappa shape index (κ1) is 16.9. The zero-order chi connectivity index (χ0) is 16.1. The quantitative estimate of drug-likeness (QED) is 0.772. The summed E-state index contributed by atoms with van der Waals surface area (Å²) in [5.41, 5.74) is 2.05. The van der Waals surface area contributed by atoms with Gasteiger partial charge in [0.25, 0.3) is 0 Å². The van der Waals surface area contributed by atoms with Crippen LogP contribution in [0.5, 0.6) is 0 Å². The van der Waals surface area contributed by atoms with E-state index in [4.69, 9.17) is 0 Å². The number of carbonyl (C=O) groups is 1. The van der Waals surface area contributed by atoms with Gasteiger partial charge in [0.15, 0.2) is 10.3 Å². The van der Waals surface area contributed by atoms with E-state index in [1.54, 1.807) is 22.7 Å². The number of anilines is 2. The fraction of sp³-hybridized carbons (Fsp3) is 0.533. The van der Waals surface area contributed by atoms with Gasteiger partial charge >= 0.3 is 0 Å². The fourth-order valence-corrected chi connectivity index (χ4v) is 4.00. The van der Waals surface area contributed by atoms with E-state index in [0.29, 0.717) is 18.6 Å². The summed E-state index contributed by atoms with van der Waals surface area (Å²) in [5, 5.41) is 7.93. The van der Waals surface area contributed by atoms with E-state index in [1.165, 1.54) is 9.75 Å². The highest BCUT2D eigenvalue weighted by Gasteiger charge is 2.12. The van der Waals surface area contributed by atoms with Crippen molar-refractivity contribution < 1.29 is 4.79 Å². The average Bonchev–Trinajstić information content (AvgIpc) is 3.05. The number of rotatable bonds is 8. The minimum Gasteiger partial charge on any atom is -0.365 e. The molecule has 0 saturated carbocycles. The molecule has 22 heavy (non-hydrogen) atoms. The summed E-state index contributed by atoms with van der Waals surface area (Å²) >= 11 is 3.27. The van der Waals surface area contributed by atoms with Gasteiger partial charge in [-0.3, -0.25) is 4.79 Å². The molecule has 0 aliphatic heterocycles. The standard InChI is InChI=1S/C15H22N4OS2/c1-9-12(21-14(16-3)18-9)7-5-11(20)6-8-13-10(2)19-15(17-4)22-13/h5-8H2,1-4H3,(H,16,18)(H,17,19). The number of nitrogens with one attached hydrogen (secondary N) is 2. The van der Waals surface area contributed by atoms with E-state index >= 15 is 0 Å². The van der Waals surface area contributed by atoms with E-state index in [1.807, 2.05) is 27.9 Å². The molecule has 2 aromatic heterocycles. The molecule has 2 heterocycles. The van der Waals surface area contributed by atoms with Crippen molar-refractivity contribution in [2.24, 2.45) is 0 Å². The monoisotopic (exact) mass is 338 g/mol. The maximum absolute atomic E-state index is 12.1. The van der Waals surface area contributed by atoms with Crippen LogP contribution in [-0.2, 0) is 17.6 Å². The van der Waals surface area contributed by atoms with Crippen molar-refractivity contribution in [3.8, 4) is 0 Å². The van der Waals surface area contributed by atoms with Crippen molar-refractivity contribution in [3.63, 3.8) is 0 Å². The molecule has 120 valence electrons. The third-order valence-electron chi connectivity index (χ3n) is 3.47. The molecule has 5 nitrogen and oxygen atoms in total. The summed E-state index contributed by atoms with van der Waals surface area (Å²) in [5.74, 6) is 0.303. The van der Waals surface area contributed by atoms with Crippen LogP contribution in [0.2, 0.25) is 0 Å². The van der Waals surface area contributed by atoms with Crippen molar-refractivity contribution >= 4 is 38.7 Å². The van der Waals surface area contributed by atoms with Gasteiger partial charge in [0, 0.05) is 36.7 Å². The van der Waals surface area contributed by atoms with E-state index in [2.05, 4.69) is 20.6 Å². The van der Waals surface area contributed by atoms with Crippen LogP contribution >= 0.6 is 22.7 Å². The fourth-order valence-electron chi connectivity index (χ4n) is 2.16. The van der Waals surface area contributed by atoms with Crippen LogP contribution < -0.4 is 10.6 Å². The van der Waals surface area contributed by atoms with Crippen LogP contribution in [0.4, 0.5) is 10.3 Å². The highest BCUT2D eigenvalue weighted by Crippen LogP contribution is 2.25. The number of hydrogen-bond acceptors (Lipinski definition) is 7. The Morgan fingerprint density at radius 3 is 1.64 bits per heavy atom. The van der Waals surface area contributed by atoms with Gasteiger partial charge in [-0.05, 0) is 26.7 Å². The van der Waals surface area contributed by atoms with Gasteiger partial charge in [-0.2, -0.15) is 0 Å². The molecule has 7 heteroatoms. The van der Waals surface area contributed by atoms with Gasteiger partial charge in [0.1, 0.15) is 5.78 Å². The average molecular weight is 339 g/mol. The number of hydrogen-bond donors (Lipinski definition) is 2. The summed E-state index contributed by atoms with van der Waals surface area (Å²) in [6.45, 7) is 3.99. The second kappa shape index (κ2) is 7.69. The number of carbonyl (C=O) groups excluding carboxylic acids is 1. The summed E-state index contributed by atoms with van der Waals surface area (Å²) < 4.78 is 0. The normalized spacial score (nSPS) is 10.7. The number of ketones is 1. The van der Waals surface area contributed by atoms with Gasteiger partial charge in [0.05, 0.1) is 11.4 Å². The lowest BCUT2D eigenvalue weighted by molar-refractivity contribution is -0.119. The largest absolute Gasteiger partial charge is 0.365 e. The molecule has 0 aliphatic rings.